The van der Waals surface area contributed by atoms with Crippen LogP contribution in [-0.4, -0.2) is 36.6 Å². The predicted octanol–water partition coefficient (Wildman–Crippen LogP) is 2.84. The molecular weight excluding hydrogens is 404 g/mol. The third-order valence-electron chi connectivity index (χ3n) is 5.65. The molecule has 1 aliphatic carbocycles. The van der Waals surface area contributed by atoms with Crippen LogP contribution in [0.1, 0.15) is 18.4 Å². The predicted molar refractivity (Wildman–Crippen MR) is 111 cm³/mol. The zero-order chi connectivity index (χ0) is 21.5. The number of nitrogens with one attached hydrogen (secondary N) is 1. The molecule has 3 aromatic heterocycles. The lowest BCUT2D eigenvalue weighted by Gasteiger charge is -2.33. The number of anilines is 1. The number of hydrogen-bond acceptors (Lipinski definition) is 5. The van der Waals surface area contributed by atoms with Gasteiger partial charge in [-0.3, -0.25) is 14.0 Å². The van der Waals surface area contributed by atoms with E-state index >= 15 is 0 Å². The van der Waals surface area contributed by atoms with Crippen LogP contribution >= 0.6 is 0 Å². The van der Waals surface area contributed by atoms with Crippen molar-refractivity contribution in [2.75, 3.05) is 5.32 Å². The molecule has 2 N–H and O–H groups in total. The summed E-state index contributed by atoms with van der Waals surface area (Å²) in [4.78, 5) is 17.1. The second-order valence-corrected chi connectivity index (χ2v) is 7.60. The minimum atomic E-state index is -0.653. The lowest BCUT2D eigenvalue weighted by molar-refractivity contribution is 0.0784. The van der Waals surface area contributed by atoms with Crippen molar-refractivity contribution in [3.63, 3.8) is 0 Å². The van der Waals surface area contributed by atoms with Crippen molar-refractivity contribution in [3.8, 4) is 5.69 Å². The highest BCUT2D eigenvalue weighted by Gasteiger charge is 2.29. The first-order valence-corrected chi connectivity index (χ1v) is 9.92. The second-order valence-electron chi connectivity index (χ2n) is 7.60. The average Bonchev–Trinajstić information content (AvgIpc) is 3.18. The van der Waals surface area contributed by atoms with Gasteiger partial charge >= 0.3 is 0 Å². The van der Waals surface area contributed by atoms with Crippen LogP contribution in [0.2, 0.25) is 0 Å². The maximum atomic E-state index is 14.5. The van der Waals surface area contributed by atoms with Gasteiger partial charge in [0.25, 0.3) is 5.56 Å². The molecule has 31 heavy (non-hydrogen) atoms. The summed E-state index contributed by atoms with van der Waals surface area (Å²) in [7, 11) is 0. The minimum Gasteiger partial charge on any atom is -0.391 e. The fourth-order valence-corrected chi connectivity index (χ4v) is 3.71. The smallest absolute Gasteiger partial charge is 0.266 e. The SMILES string of the molecule is O=c1c2cnn(Cc3ccccc3F)c2ccn1-c1cc(N[C@H]2CC[C@@H]2O)ncc1F. The first-order valence-electron chi connectivity index (χ1n) is 9.92. The topological polar surface area (TPSA) is 85.0 Å². The van der Waals surface area contributed by atoms with E-state index < -0.39 is 17.5 Å². The summed E-state index contributed by atoms with van der Waals surface area (Å²) in [6.07, 6.45) is 4.94. The molecule has 1 aromatic carbocycles. The van der Waals surface area contributed by atoms with Crippen molar-refractivity contribution in [2.24, 2.45) is 0 Å². The van der Waals surface area contributed by atoms with Crippen molar-refractivity contribution in [2.45, 2.75) is 31.5 Å². The molecule has 158 valence electrons. The van der Waals surface area contributed by atoms with Crippen LogP contribution in [0.3, 0.4) is 0 Å². The molecule has 1 saturated carbocycles. The lowest BCUT2D eigenvalue weighted by atomic mass is 9.89. The molecule has 2 atom stereocenters. The Balaban J connectivity index is 1.51. The Morgan fingerprint density at radius 1 is 1.13 bits per heavy atom. The van der Waals surface area contributed by atoms with Crippen LogP contribution in [-0.2, 0) is 6.54 Å². The Labute approximate surface area is 175 Å². The van der Waals surface area contributed by atoms with E-state index in [1.54, 1.807) is 24.3 Å². The van der Waals surface area contributed by atoms with Crippen LogP contribution in [0.25, 0.3) is 16.6 Å². The van der Waals surface area contributed by atoms with Crippen LogP contribution in [0.4, 0.5) is 14.6 Å². The fraction of sp³-hybridized carbons (Fsp3) is 0.227. The lowest BCUT2D eigenvalue weighted by Crippen LogP contribution is -2.42. The number of pyridine rings is 2. The van der Waals surface area contributed by atoms with Gasteiger partial charge < -0.3 is 10.4 Å². The number of hydrogen-bond donors (Lipinski definition) is 2. The number of nitrogens with zero attached hydrogens (tertiary/aromatic N) is 4. The summed E-state index contributed by atoms with van der Waals surface area (Å²) < 4.78 is 31.2. The van der Waals surface area contributed by atoms with Gasteiger partial charge in [-0.2, -0.15) is 5.10 Å². The summed E-state index contributed by atoms with van der Waals surface area (Å²) >= 11 is 0. The van der Waals surface area contributed by atoms with Crippen molar-refractivity contribution in [1.29, 1.82) is 0 Å². The van der Waals surface area contributed by atoms with Crippen molar-refractivity contribution < 1.29 is 13.9 Å². The van der Waals surface area contributed by atoms with Gasteiger partial charge in [0.05, 0.1) is 47.7 Å². The minimum absolute atomic E-state index is 0.0417. The Hall–Kier alpha value is -3.59. The largest absolute Gasteiger partial charge is 0.391 e. The zero-order valence-electron chi connectivity index (χ0n) is 16.4. The van der Waals surface area contributed by atoms with Crippen LogP contribution in [0.5, 0.6) is 0 Å². The standard InChI is InChI=1S/C22H19F2N5O2/c23-15-4-2-1-3-13(15)12-29-18-7-8-28(22(31)14(18)10-26-29)19-9-21(25-11-16(19)24)27-17-5-6-20(17)30/h1-4,7-11,17,20,30H,5-6,12H2,(H,25,27)/t17-,20-/m0/s1. The molecule has 5 rings (SSSR count). The maximum absolute atomic E-state index is 14.5. The highest BCUT2D eigenvalue weighted by molar-refractivity contribution is 5.78. The highest BCUT2D eigenvalue weighted by Crippen LogP contribution is 2.25. The molecule has 0 amide bonds. The molecule has 0 unspecified atom stereocenters. The normalized spacial score (nSPS) is 18.2. The number of benzene rings is 1. The van der Waals surface area contributed by atoms with Gasteiger partial charge in [-0.1, -0.05) is 18.2 Å². The Morgan fingerprint density at radius 3 is 2.71 bits per heavy atom. The summed E-state index contributed by atoms with van der Waals surface area (Å²) in [5.41, 5.74) is 0.567. The van der Waals surface area contributed by atoms with E-state index in [1.165, 1.54) is 33.8 Å². The van der Waals surface area contributed by atoms with Crippen molar-refractivity contribution >= 4 is 16.7 Å². The van der Waals surface area contributed by atoms with Crippen LogP contribution in [0.15, 0.2) is 59.8 Å². The Kier molecular flexibility index (Phi) is 4.74. The van der Waals surface area contributed by atoms with E-state index in [0.717, 1.165) is 12.6 Å². The fourth-order valence-electron chi connectivity index (χ4n) is 3.71. The molecule has 9 heteroatoms. The van der Waals surface area contributed by atoms with Crippen molar-refractivity contribution in [3.05, 3.63) is 82.5 Å². The molecule has 1 aliphatic rings. The summed E-state index contributed by atoms with van der Waals surface area (Å²) in [6.45, 7) is 0.168. The first-order chi connectivity index (χ1) is 15.0. The maximum Gasteiger partial charge on any atom is 0.266 e. The second kappa shape index (κ2) is 7.59. The molecular formula is C22H19F2N5O2. The zero-order valence-corrected chi connectivity index (χ0v) is 16.4. The molecule has 0 saturated heterocycles. The van der Waals surface area contributed by atoms with Gasteiger partial charge in [-0.05, 0) is 25.0 Å². The van der Waals surface area contributed by atoms with Crippen LogP contribution in [0, 0.1) is 11.6 Å². The summed E-state index contributed by atoms with van der Waals surface area (Å²) in [5.74, 6) is -0.628. The number of aromatic nitrogens is 4. The quantitative estimate of drug-likeness (QED) is 0.516. The molecule has 7 nitrogen and oxygen atoms in total. The third-order valence-corrected chi connectivity index (χ3v) is 5.65. The number of fused-ring (bicyclic) bond motifs is 1. The van der Waals surface area contributed by atoms with E-state index in [4.69, 9.17) is 0 Å². The van der Waals surface area contributed by atoms with E-state index in [-0.39, 0.29) is 24.1 Å². The van der Waals surface area contributed by atoms with Gasteiger partial charge in [0.2, 0.25) is 0 Å². The Bertz CT molecular complexity index is 1330. The molecule has 3 heterocycles. The average molecular weight is 423 g/mol. The van der Waals surface area contributed by atoms with E-state index in [0.29, 0.717) is 28.7 Å². The van der Waals surface area contributed by atoms with Gasteiger partial charge in [0, 0.05) is 17.8 Å². The van der Waals surface area contributed by atoms with Gasteiger partial charge in [-0.25, -0.2) is 13.8 Å². The molecule has 4 aromatic rings. The Morgan fingerprint density at radius 2 is 1.97 bits per heavy atom. The number of aliphatic hydroxyl groups excluding tert-OH is 1. The highest BCUT2D eigenvalue weighted by atomic mass is 19.1. The van der Waals surface area contributed by atoms with Crippen molar-refractivity contribution in [1.82, 2.24) is 19.3 Å². The molecule has 1 fully saturated rings. The molecule has 0 spiro atoms. The molecule has 0 bridgehead atoms. The summed E-state index contributed by atoms with van der Waals surface area (Å²) in [5, 5.41) is 17.3. The van der Waals surface area contributed by atoms with Crippen LogP contribution < -0.4 is 10.9 Å². The van der Waals surface area contributed by atoms with Gasteiger partial charge in [-0.15, -0.1) is 0 Å². The third kappa shape index (κ3) is 3.46. The number of halogens is 2. The molecule has 0 aliphatic heterocycles. The number of rotatable bonds is 5. The monoisotopic (exact) mass is 423 g/mol. The van der Waals surface area contributed by atoms with E-state index in [2.05, 4.69) is 15.4 Å². The molecule has 0 radical (unpaired) electrons. The first kappa shape index (κ1) is 19.4. The summed E-state index contributed by atoms with van der Waals surface area (Å²) in [6, 6.07) is 9.32. The van der Waals surface area contributed by atoms with E-state index in [1.807, 2.05) is 0 Å². The number of aliphatic hydroxyl groups is 1. The van der Waals surface area contributed by atoms with Gasteiger partial charge in [0.1, 0.15) is 11.6 Å². The van der Waals surface area contributed by atoms with Gasteiger partial charge in [0.15, 0.2) is 5.82 Å². The van der Waals surface area contributed by atoms with E-state index in [9.17, 15) is 18.7 Å².